The number of aryl methyl sites for hydroxylation is 1. The van der Waals surface area contributed by atoms with E-state index in [0.29, 0.717) is 24.1 Å². The third-order valence-corrected chi connectivity index (χ3v) is 4.60. The van der Waals surface area contributed by atoms with Crippen LogP contribution in [-0.4, -0.2) is 35.5 Å². The highest BCUT2D eigenvalue weighted by molar-refractivity contribution is 5.85. The maximum atomic E-state index is 12.1. The van der Waals surface area contributed by atoms with Gasteiger partial charge in [-0.1, -0.05) is 6.07 Å². The summed E-state index contributed by atoms with van der Waals surface area (Å²) < 4.78 is 5.24. The van der Waals surface area contributed by atoms with Crippen LogP contribution in [0, 0.1) is 0 Å². The Hall–Kier alpha value is -2.04. The summed E-state index contributed by atoms with van der Waals surface area (Å²) in [6.45, 7) is 0. The molecule has 2 aliphatic carbocycles. The minimum absolute atomic E-state index is 0.0516. The zero-order valence-corrected chi connectivity index (χ0v) is 12.0. The van der Waals surface area contributed by atoms with Crippen molar-refractivity contribution in [2.45, 2.75) is 43.7 Å². The number of methoxy groups -OCH3 is 1. The van der Waals surface area contributed by atoms with Gasteiger partial charge in [0.25, 0.3) is 0 Å². The molecule has 1 aromatic rings. The summed E-state index contributed by atoms with van der Waals surface area (Å²) in [5.41, 5.74) is 0.460. The predicted octanol–water partition coefficient (Wildman–Crippen LogP) is 1.93. The van der Waals surface area contributed by atoms with E-state index in [2.05, 4.69) is 0 Å². The highest BCUT2D eigenvalue weighted by Gasteiger charge is 2.52. The lowest BCUT2D eigenvalue weighted by atomic mass is 9.75. The Bertz CT molecular complexity index is 582. The molecule has 3 rings (SSSR count). The van der Waals surface area contributed by atoms with Crippen LogP contribution >= 0.6 is 0 Å². The van der Waals surface area contributed by atoms with Gasteiger partial charge in [-0.05, 0) is 55.4 Å². The summed E-state index contributed by atoms with van der Waals surface area (Å²) in [7, 11) is 1.56. The van der Waals surface area contributed by atoms with E-state index >= 15 is 0 Å². The molecule has 1 N–H and O–H groups in total. The molecular weight excluding hydrogens is 270 g/mol. The molecule has 0 aliphatic heterocycles. The number of benzene rings is 1. The van der Waals surface area contributed by atoms with Gasteiger partial charge in [-0.15, -0.1) is 0 Å². The first kappa shape index (κ1) is 13.9. The molecule has 1 atom stereocenters. The summed E-state index contributed by atoms with van der Waals surface area (Å²) in [6.07, 6.45) is 4.53. The van der Waals surface area contributed by atoms with Crippen molar-refractivity contribution in [3.05, 3.63) is 29.3 Å². The molecule has 0 radical (unpaired) electrons. The Balaban J connectivity index is 2.18. The van der Waals surface area contributed by atoms with Crippen LogP contribution in [-0.2, 0) is 21.5 Å². The molecule has 112 valence electrons. The summed E-state index contributed by atoms with van der Waals surface area (Å²) in [5, 5.41) is 9.94. The first-order valence-electron chi connectivity index (χ1n) is 7.28. The van der Waals surface area contributed by atoms with Crippen LogP contribution in [0.2, 0.25) is 0 Å². The molecule has 2 aliphatic rings. The van der Waals surface area contributed by atoms with Crippen LogP contribution in [0.4, 0.5) is 0 Å². The summed E-state index contributed by atoms with van der Waals surface area (Å²) in [4.78, 5) is 25.2. The Morgan fingerprint density at radius 2 is 2.24 bits per heavy atom. The quantitative estimate of drug-likeness (QED) is 0.841. The van der Waals surface area contributed by atoms with Crippen molar-refractivity contribution in [2.75, 3.05) is 7.11 Å². The second-order valence-electron chi connectivity index (χ2n) is 5.79. The normalized spacial score (nSPS) is 24.0. The van der Waals surface area contributed by atoms with Crippen LogP contribution < -0.4 is 4.74 Å². The zero-order valence-electron chi connectivity index (χ0n) is 12.0. The minimum atomic E-state index is -1.24. The van der Waals surface area contributed by atoms with Gasteiger partial charge in [-0.3, -0.25) is 4.79 Å². The fourth-order valence-electron chi connectivity index (χ4n) is 3.40. The van der Waals surface area contributed by atoms with E-state index in [1.165, 1.54) is 4.90 Å². The third kappa shape index (κ3) is 2.07. The SMILES string of the molecule is COc1ccc2c(c1)C(C(=O)O)(N(C=O)C1CC1)CCC2. The fourth-order valence-corrected chi connectivity index (χ4v) is 3.40. The Morgan fingerprint density at radius 1 is 1.48 bits per heavy atom. The lowest BCUT2D eigenvalue weighted by molar-refractivity contribution is -0.158. The highest BCUT2D eigenvalue weighted by atomic mass is 16.5. The number of amides is 1. The van der Waals surface area contributed by atoms with Gasteiger partial charge in [0, 0.05) is 6.04 Å². The molecule has 5 heteroatoms. The van der Waals surface area contributed by atoms with E-state index in [4.69, 9.17) is 4.74 Å². The number of hydrogen-bond donors (Lipinski definition) is 1. The monoisotopic (exact) mass is 289 g/mol. The second kappa shape index (κ2) is 5.06. The van der Waals surface area contributed by atoms with Gasteiger partial charge >= 0.3 is 5.97 Å². The summed E-state index contributed by atoms with van der Waals surface area (Å²) in [5.74, 6) is -0.321. The van der Waals surface area contributed by atoms with Crippen LogP contribution in [0.5, 0.6) is 5.75 Å². The van der Waals surface area contributed by atoms with Gasteiger partial charge in [0.05, 0.1) is 7.11 Å². The minimum Gasteiger partial charge on any atom is -0.497 e. The van der Waals surface area contributed by atoms with Crippen LogP contribution in [0.3, 0.4) is 0 Å². The number of nitrogens with zero attached hydrogens (tertiary/aromatic N) is 1. The maximum absolute atomic E-state index is 12.1. The smallest absolute Gasteiger partial charge is 0.334 e. The van der Waals surface area contributed by atoms with Gasteiger partial charge in [0.15, 0.2) is 5.54 Å². The first-order valence-corrected chi connectivity index (χ1v) is 7.28. The molecular formula is C16H19NO4. The molecule has 1 fully saturated rings. The van der Waals surface area contributed by atoms with E-state index in [1.54, 1.807) is 13.2 Å². The van der Waals surface area contributed by atoms with Crippen molar-refractivity contribution < 1.29 is 19.4 Å². The maximum Gasteiger partial charge on any atom is 0.334 e. The predicted molar refractivity (Wildman–Crippen MR) is 76.2 cm³/mol. The molecule has 0 saturated heterocycles. The van der Waals surface area contributed by atoms with Crippen molar-refractivity contribution in [3.8, 4) is 5.75 Å². The zero-order chi connectivity index (χ0) is 15.0. The molecule has 5 nitrogen and oxygen atoms in total. The van der Waals surface area contributed by atoms with Gasteiger partial charge < -0.3 is 14.7 Å². The van der Waals surface area contributed by atoms with Gasteiger partial charge in [0.2, 0.25) is 6.41 Å². The molecule has 1 saturated carbocycles. The van der Waals surface area contributed by atoms with Crippen molar-refractivity contribution in [1.82, 2.24) is 4.90 Å². The summed E-state index contributed by atoms with van der Waals surface area (Å²) in [6, 6.07) is 5.59. The van der Waals surface area contributed by atoms with E-state index in [1.807, 2.05) is 12.1 Å². The van der Waals surface area contributed by atoms with Crippen LogP contribution in [0.15, 0.2) is 18.2 Å². The van der Waals surface area contributed by atoms with Crippen LogP contribution in [0.25, 0.3) is 0 Å². The lowest BCUT2D eigenvalue weighted by Gasteiger charge is -2.42. The van der Waals surface area contributed by atoms with Crippen molar-refractivity contribution in [2.24, 2.45) is 0 Å². The molecule has 0 heterocycles. The molecule has 0 bridgehead atoms. The lowest BCUT2D eigenvalue weighted by Crippen LogP contribution is -2.54. The third-order valence-electron chi connectivity index (χ3n) is 4.60. The Labute approximate surface area is 123 Å². The van der Waals surface area contributed by atoms with E-state index in [0.717, 1.165) is 31.2 Å². The Kier molecular flexibility index (Phi) is 3.35. The molecule has 1 aromatic carbocycles. The highest BCUT2D eigenvalue weighted by Crippen LogP contribution is 2.45. The number of aliphatic carboxylic acids is 1. The van der Waals surface area contributed by atoms with Crippen molar-refractivity contribution in [3.63, 3.8) is 0 Å². The van der Waals surface area contributed by atoms with Gasteiger partial charge in [-0.25, -0.2) is 4.79 Å². The average molecular weight is 289 g/mol. The molecule has 0 aromatic heterocycles. The van der Waals surface area contributed by atoms with Gasteiger partial charge in [-0.2, -0.15) is 0 Å². The largest absolute Gasteiger partial charge is 0.497 e. The average Bonchev–Trinajstić information content (AvgIpc) is 3.32. The number of carbonyl (C=O) groups is 2. The number of carboxylic acids is 1. The number of carbonyl (C=O) groups excluding carboxylic acids is 1. The van der Waals surface area contributed by atoms with Crippen LogP contribution in [0.1, 0.15) is 36.8 Å². The summed E-state index contributed by atoms with van der Waals surface area (Å²) >= 11 is 0. The number of fused-ring (bicyclic) bond motifs is 1. The first-order chi connectivity index (χ1) is 10.1. The van der Waals surface area contributed by atoms with E-state index in [9.17, 15) is 14.7 Å². The second-order valence-corrected chi connectivity index (χ2v) is 5.79. The number of hydrogen-bond acceptors (Lipinski definition) is 3. The number of rotatable bonds is 5. The Morgan fingerprint density at radius 3 is 2.81 bits per heavy atom. The number of carboxylic acid groups (broad SMARTS) is 1. The number of ether oxygens (including phenoxy) is 1. The standard InChI is InChI=1S/C16H19NO4/c1-21-13-7-4-11-3-2-8-16(15(19)20,14(11)9-13)17(10-18)12-5-6-12/h4,7,9-10,12H,2-3,5-6,8H2,1H3,(H,19,20). The topological polar surface area (TPSA) is 66.8 Å². The van der Waals surface area contributed by atoms with E-state index < -0.39 is 11.5 Å². The van der Waals surface area contributed by atoms with E-state index in [-0.39, 0.29) is 6.04 Å². The van der Waals surface area contributed by atoms with Crippen molar-refractivity contribution in [1.29, 1.82) is 0 Å². The molecule has 1 unspecified atom stereocenters. The van der Waals surface area contributed by atoms with Gasteiger partial charge in [0.1, 0.15) is 5.75 Å². The molecule has 1 amide bonds. The molecule has 0 spiro atoms. The van der Waals surface area contributed by atoms with Crippen molar-refractivity contribution >= 4 is 12.4 Å². The molecule has 21 heavy (non-hydrogen) atoms. The fraction of sp³-hybridized carbons (Fsp3) is 0.500.